The van der Waals surface area contributed by atoms with Crippen LogP contribution in [-0.2, 0) is 0 Å². The number of aromatic nitrogens is 2. The maximum Gasteiger partial charge on any atom is 0.260 e. The Balaban J connectivity index is 1.45. The lowest BCUT2D eigenvalue weighted by Gasteiger charge is -2.14. The summed E-state index contributed by atoms with van der Waals surface area (Å²) < 4.78 is 5.77. The lowest BCUT2D eigenvalue weighted by Crippen LogP contribution is -2.14. The second-order valence-corrected chi connectivity index (χ2v) is 8.27. The van der Waals surface area contributed by atoms with Gasteiger partial charge in [0.2, 0.25) is 0 Å². The number of pyridine rings is 1. The normalized spacial score (nSPS) is 10.8. The number of fused-ring (bicyclic) bond motifs is 1. The van der Waals surface area contributed by atoms with Crippen molar-refractivity contribution in [3.05, 3.63) is 96.1 Å². The van der Waals surface area contributed by atoms with Crippen LogP contribution in [0.2, 0.25) is 0 Å². The number of nitrogens with one attached hydrogen (secondary N) is 1. The number of thiazole rings is 1. The number of carbonyl (C=O) groups excluding carboxylic acids is 1. The number of hydrogen-bond acceptors (Lipinski definition) is 5. The average molecular weight is 452 g/mol. The number of anilines is 1. The molecule has 6 heteroatoms. The van der Waals surface area contributed by atoms with Crippen LogP contribution in [0.5, 0.6) is 5.75 Å². The van der Waals surface area contributed by atoms with E-state index in [0.29, 0.717) is 23.6 Å². The van der Waals surface area contributed by atoms with E-state index in [0.717, 1.165) is 32.6 Å². The van der Waals surface area contributed by atoms with E-state index in [9.17, 15) is 4.79 Å². The van der Waals surface area contributed by atoms with Crippen molar-refractivity contribution in [1.82, 2.24) is 9.97 Å². The number of carbonyl (C=O) groups is 1. The quantitative estimate of drug-likeness (QED) is 0.313. The second kappa shape index (κ2) is 9.22. The van der Waals surface area contributed by atoms with Crippen LogP contribution in [0.25, 0.3) is 32.6 Å². The zero-order valence-electron chi connectivity index (χ0n) is 18.0. The molecule has 0 aliphatic heterocycles. The van der Waals surface area contributed by atoms with Crippen molar-refractivity contribution >= 4 is 33.7 Å². The molecule has 1 N–H and O–H groups in total. The molecule has 0 bridgehead atoms. The molecular weight excluding hydrogens is 430 g/mol. The molecule has 0 atom stereocenters. The highest BCUT2D eigenvalue weighted by atomic mass is 32.1. The Labute approximate surface area is 195 Å². The second-order valence-electron chi connectivity index (χ2n) is 7.41. The van der Waals surface area contributed by atoms with E-state index in [1.165, 1.54) is 0 Å². The molecule has 0 aliphatic rings. The van der Waals surface area contributed by atoms with Crippen LogP contribution in [0, 0.1) is 0 Å². The van der Waals surface area contributed by atoms with Crippen LogP contribution in [-0.4, -0.2) is 22.5 Å². The fourth-order valence-electron chi connectivity index (χ4n) is 3.74. The first-order valence-corrected chi connectivity index (χ1v) is 11.5. The van der Waals surface area contributed by atoms with Gasteiger partial charge in [-0.3, -0.25) is 9.78 Å². The summed E-state index contributed by atoms with van der Waals surface area (Å²) in [5.41, 5.74) is 4.01. The SMILES string of the molecule is CCOc1ccc2ccccc2c1C(=O)Nc1cccc(-c2csc(-c3cccnc3)n2)c1. The molecule has 0 unspecified atom stereocenters. The van der Waals surface area contributed by atoms with Gasteiger partial charge < -0.3 is 10.1 Å². The van der Waals surface area contributed by atoms with Crippen molar-refractivity contribution in [2.75, 3.05) is 11.9 Å². The van der Waals surface area contributed by atoms with Gasteiger partial charge in [0.1, 0.15) is 10.8 Å². The zero-order valence-corrected chi connectivity index (χ0v) is 18.8. The third-order valence-electron chi connectivity index (χ3n) is 5.25. The van der Waals surface area contributed by atoms with Gasteiger partial charge >= 0.3 is 0 Å². The summed E-state index contributed by atoms with van der Waals surface area (Å²) >= 11 is 1.57. The summed E-state index contributed by atoms with van der Waals surface area (Å²) in [5, 5.41) is 7.82. The third-order valence-corrected chi connectivity index (χ3v) is 6.14. The minimum atomic E-state index is -0.207. The largest absolute Gasteiger partial charge is 0.493 e. The van der Waals surface area contributed by atoms with E-state index in [1.54, 1.807) is 23.7 Å². The van der Waals surface area contributed by atoms with E-state index in [-0.39, 0.29) is 5.91 Å². The van der Waals surface area contributed by atoms with Crippen LogP contribution < -0.4 is 10.1 Å². The molecule has 162 valence electrons. The van der Waals surface area contributed by atoms with E-state index < -0.39 is 0 Å². The van der Waals surface area contributed by atoms with E-state index in [4.69, 9.17) is 9.72 Å². The molecule has 0 saturated heterocycles. The minimum Gasteiger partial charge on any atom is -0.493 e. The number of nitrogens with zero attached hydrogens (tertiary/aromatic N) is 2. The molecule has 0 aliphatic carbocycles. The minimum absolute atomic E-state index is 0.207. The van der Waals surface area contributed by atoms with Gasteiger partial charge in [-0.05, 0) is 48.0 Å². The molecule has 5 aromatic rings. The van der Waals surface area contributed by atoms with Crippen LogP contribution in [0.1, 0.15) is 17.3 Å². The van der Waals surface area contributed by atoms with Crippen LogP contribution in [0.15, 0.2) is 90.6 Å². The van der Waals surface area contributed by atoms with Crippen molar-refractivity contribution in [2.24, 2.45) is 0 Å². The molecular formula is C27H21N3O2S. The van der Waals surface area contributed by atoms with Crippen molar-refractivity contribution in [3.8, 4) is 27.6 Å². The van der Waals surface area contributed by atoms with Gasteiger partial charge in [0.15, 0.2) is 0 Å². The lowest BCUT2D eigenvalue weighted by atomic mass is 10.0. The first kappa shape index (κ1) is 20.8. The Morgan fingerprint density at radius 3 is 2.73 bits per heavy atom. The molecule has 0 saturated carbocycles. The molecule has 3 aromatic carbocycles. The molecule has 5 rings (SSSR count). The summed E-state index contributed by atoms with van der Waals surface area (Å²) in [6.07, 6.45) is 3.55. The Hall–Kier alpha value is -4.03. The topological polar surface area (TPSA) is 64.1 Å². The van der Waals surface area contributed by atoms with Gasteiger partial charge in [0.05, 0.1) is 17.9 Å². The van der Waals surface area contributed by atoms with Crippen molar-refractivity contribution in [2.45, 2.75) is 6.92 Å². The van der Waals surface area contributed by atoms with Gasteiger partial charge in [-0.25, -0.2) is 4.98 Å². The van der Waals surface area contributed by atoms with Crippen molar-refractivity contribution in [3.63, 3.8) is 0 Å². The Morgan fingerprint density at radius 1 is 1.00 bits per heavy atom. The predicted octanol–water partition coefficient (Wildman–Crippen LogP) is 6.68. The molecule has 1 amide bonds. The maximum absolute atomic E-state index is 13.3. The molecule has 0 fully saturated rings. The molecule has 2 heterocycles. The molecule has 0 spiro atoms. The van der Waals surface area contributed by atoms with Gasteiger partial charge in [-0.15, -0.1) is 11.3 Å². The number of hydrogen-bond donors (Lipinski definition) is 1. The first-order valence-electron chi connectivity index (χ1n) is 10.6. The summed E-state index contributed by atoms with van der Waals surface area (Å²) in [6.45, 7) is 2.39. The van der Waals surface area contributed by atoms with Gasteiger partial charge in [-0.1, -0.05) is 42.5 Å². The van der Waals surface area contributed by atoms with E-state index in [2.05, 4.69) is 10.3 Å². The molecule has 33 heavy (non-hydrogen) atoms. The highest BCUT2D eigenvalue weighted by Crippen LogP contribution is 2.31. The van der Waals surface area contributed by atoms with Gasteiger partial charge in [0, 0.05) is 34.6 Å². The highest BCUT2D eigenvalue weighted by molar-refractivity contribution is 7.13. The number of rotatable bonds is 6. The monoisotopic (exact) mass is 451 g/mol. The highest BCUT2D eigenvalue weighted by Gasteiger charge is 2.17. The van der Waals surface area contributed by atoms with Gasteiger partial charge in [-0.2, -0.15) is 0 Å². The number of ether oxygens (including phenoxy) is 1. The van der Waals surface area contributed by atoms with Crippen LogP contribution >= 0.6 is 11.3 Å². The summed E-state index contributed by atoms with van der Waals surface area (Å²) in [7, 11) is 0. The Morgan fingerprint density at radius 2 is 1.88 bits per heavy atom. The standard InChI is InChI=1S/C27H21N3O2S/c1-2-32-24-13-12-18-7-3-4-11-22(18)25(24)26(31)29-21-10-5-8-19(15-21)23-17-33-27(30-23)20-9-6-14-28-16-20/h3-17H,2H2,1H3,(H,29,31). The van der Waals surface area contributed by atoms with Crippen molar-refractivity contribution < 1.29 is 9.53 Å². The fraction of sp³-hybridized carbons (Fsp3) is 0.0741. The molecule has 5 nitrogen and oxygen atoms in total. The fourth-order valence-corrected chi connectivity index (χ4v) is 4.56. The van der Waals surface area contributed by atoms with Crippen molar-refractivity contribution in [1.29, 1.82) is 0 Å². The average Bonchev–Trinajstić information content (AvgIpc) is 3.35. The summed E-state index contributed by atoms with van der Waals surface area (Å²) in [4.78, 5) is 22.3. The Bertz CT molecular complexity index is 1430. The lowest BCUT2D eigenvalue weighted by molar-refractivity contribution is 0.102. The Kier molecular flexibility index (Phi) is 5.83. The van der Waals surface area contributed by atoms with Gasteiger partial charge in [0.25, 0.3) is 5.91 Å². The summed E-state index contributed by atoms with van der Waals surface area (Å²) in [6, 6.07) is 23.3. The van der Waals surface area contributed by atoms with Crippen LogP contribution in [0.4, 0.5) is 5.69 Å². The first-order chi connectivity index (χ1) is 16.2. The smallest absolute Gasteiger partial charge is 0.260 e. The third kappa shape index (κ3) is 4.33. The maximum atomic E-state index is 13.3. The number of benzene rings is 3. The number of amides is 1. The molecule has 0 radical (unpaired) electrons. The molecule has 2 aromatic heterocycles. The summed E-state index contributed by atoms with van der Waals surface area (Å²) in [5.74, 6) is 0.368. The van der Waals surface area contributed by atoms with E-state index >= 15 is 0 Å². The predicted molar refractivity (Wildman–Crippen MR) is 134 cm³/mol. The van der Waals surface area contributed by atoms with E-state index in [1.807, 2.05) is 85.1 Å². The van der Waals surface area contributed by atoms with Crippen LogP contribution in [0.3, 0.4) is 0 Å². The zero-order chi connectivity index (χ0) is 22.6.